The van der Waals surface area contributed by atoms with Gasteiger partial charge in [0.15, 0.2) is 0 Å². The van der Waals surface area contributed by atoms with E-state index >= 15 is 0 Å². The molecule has 188 valence electrons. The fourth-order valence-electron chi connectivity index (χ4n) is 4.44. The molecule has 4 rings (SSSR count). The molecule has 3 aromatic rings. The molecule has 0 saturated carbocycles. The molecule has 1 fully saturated rings. The van der Waals surface area contributed by atoms with Crippen LogP contribution in [0.15, 0.2) is 48.5 Å². The summed E-state index contributed by atoms with van der Waals surface area (Å²) in [4.78, 5) is 40.1. The number of aromatic nitrogens is 2. The molecule has 10 nitrogen and oxygen atoms in total. The summed E-state index contributed by atoms with van der Waals surface area (Å²) in [6.07, 6.45) is 0.297. The Kier molecular flexibility index (Phi) is 7.33. The van der Waals surface area contributed by atoms with Crippen LogP contribution < -0.4 is 4.74 Å². The third-order valence-corrected chi connectivity index (χ3v) is 6.47. The van der Waals surface area contributed by atoms with Gasteiger partial charge in [-0.15, -0.1) is 0 Å². The highest BCUT2D eigenvalue weighted by Gasteiger charge is 2.25. The second kappa shape index (κ2) is 10.6. The van der Waals surface area contributed by atoms with Gasteiger partial charge in [0.1, 0.15) is 17.1 Å². The van der Waals surface area contributed by atoms with E-state index in [0.717, 1.165) is 16.9 Å². The quantitative estimate of drug-likeness (QED) is 0.371. The predicted molar refractivity (Wildman–Crippen MR) is 133 cm³/mol. The van der Waals surface area contributed by atoms with Crippen molar-refractivity contribution in [3.63, 3.8) is 0 Å². The Balaban J connectivity index is 1.32. The summed E-state index contributed by atoms with van der Waals surface area (Å²) in [6.45, 7) is 5.60. The van der Waals surface area contributed by atoms with Crippen LogP contribution in [0, 0.1) is 24.0 Å². The van der Waals surface area contributed by atoms with Crippen LogP contribution in [-0.4, -0.2) is 69.6 Å². The number of ether oxygens (including phenoxy) is 1. The number of carbonyl (C=O) groups excluding carboxylic acids is 2. The van der Waals surface area contributed by atoms with E-state index in [1.165, 1.54) is 0 Å². The maximum atomic E-state index is 13.0. The molecule has 1 aliphatic rings. The van der Waals surface area contributed by atoms with Gasteiger partial charge in [-0.3, -0.25) is 24.4 Å². The predicted octanol–water partition coefficient (Wildman–Crippen LogP) is 2.99. The lowest BCUT2D eigenvalue weighted by Gasteiger charge is -2.35. The molecule has 36 heavy (non-hydrogen) atoms. The van der Waals surface area contributed by atoms with Gasteiger partial charge in [-0.2, -0.15) is 5.10 Å². The van der Waals surface area contributed by atoms with Crippen molar-refractivity contribution in [2.75, 3.05) is 33.3 Å². The first-order chi connectivity index (χ1) is 17.3. The van der Waals surface area contributed by atoms with Gasteiger partial charge in [-0.25, -0.2) is 0 Å². The SMILES string of the molecule is COc1cccc(CC(=O)N2CCN(C(=O)c3ccc(Cn4nc(C)c([N+](=O)[O-])c4C)cc3)CC2)c1. The van der Waals surface area contributed by atoms with Crippen LogP contribution in [0.5, 0.6) is 5.75 Å². The van der Waals surface area contributed by atoms with Crippen molar-refractivity contribution in [3.8, 4) is 5.75 Å². The molecule has 0 bridgehead atoms. The van der Waals surface area contributed by atoms with Crippen LogP contribution in [0.25, 0.3) is 0 Å². The van der Waals surface area contributed by atoms with Crippen LogP contribution >= 0.6 is 0 Å². The van der Waals surface area contributed by atoms with Crippen molar-refractivity contribution in [2.24, 2.45) is 0 Å². The lowest BCUT2D eigenvalue weighted by Crippen LogP contribution is -2.51. The second-order valence-electron chi connectivity index (χ2n) is 8.83. The summed E-state index contributed by atoms with van der Waals surface area (Å²) in [5, 5.41) is 15.5. The van der Waals surface area contributed by atoms with Gasteiger partial charge in [-0.05, 0) is 49.2 Å². The number of rotatable bonds is 7. The van der Waals surface area contributed by atoms with E-state index in [1.807, 2.05) is 36.4 Å². The maximum absolute atomic E-state index is 13.0. The lowest BCUT2D eigenvalue weighted by molar-refractivity contribution is -0.386. The van der Waals surface area contributed by atoms with Crippen LogP contribution in [0.3, 0.4) is 0 Å². The molecular weight excluding hydrogens is 462 g/mol. The number of hydrogen-bond acceptors (Lipinski definition) is 6. The summed E-state index contributed by atoms with van der Waals surface area (Å²) in [6, 6.07) is 14.7. The van der Waals surface area contributed by atoms with Gasteiger partial charge in [-0.1, -0.05) is 24.3 Å². The Hall–Kier alpha value is -4.21. The summed E-state index contributed by atoms with van der Waals surface area (Å²) < 4.78 is 6.83. The van der Waals surface area contributed by atoms with E-state index in [9.17, 15) is 19.7 Å². The Morgan fingerprint density at radius 2 is 1.67 bits per heavy atom. The van der Waals surface area contributed by atoms with Gasteiger partial charge >= 0.3 is 5.69 Å². The number of hydrogen-bond donors (Lipinski definition) is 0. The van der Waals surface area contributed by atoms with E-state index < -0.39 is 4.92 Å². The molecular formula is C26H29N5O5. The van der Waals surface area contributed by atoms with Crippen molar-refractivity contribution in [1.82, 2.24) is 19.6 Å². The lowest BCUT2D eigenvalue weighted by atomic mass is 10.1. The Labute approximate surface area is 209 Å². The number of aryl methyl sites for hydroxylation is 1. The number of benzene rings is 2. The molecule has 2 aromatic carbocycles. The van der Waals surface area contributed by atoms with E-state index in [2.05, 4.69) is 5.10 Å². The van der Waals surface area contributed by atoms with Gasteiger partial charge in [0.2, 0.25) is 5.91 Å². The topological polar surface area (TPSA) is 111 Å². The molecule has 0 atom stereocenters. The van der Waals surface area contributed by atoms with Gasteiger partial charge in [0.25, 0.3) is 5.91 Å². The van der Waals surface area contributed by atoms with Crippen molar-refractivity contribution >= 4 is 17.5 Å². The maximum Gasteiger partial charge on any atom is 0.312 e. The largest absolute Gasteiger partial charge is 0.497 e. The van der Waals surface area contributed by atoms with Gasteiger partial charge in [0.05, 0.1) is 25.0 Å². The van der Waals surface area contributed by atoms with E-state index in [-0.39, 0.29) is 17.5 Å². The number of nitrogens with zero attached hydrogens (tertiary/aromatic N) is 5. The third kappa shape index (κ3) is 5.37. The normalized spacial score (nSPS) is 13.5. The summed E-state index contributed by atoms with van der Waals surface area (Å²) in [5.41, 5.74) is 3.26. The Morgan fingerprint density at radius 1 is 1.00 bits per heavy atom. The summed E-state index contributed by atoms with van der Waals surface area (Å²) in [7, 11) is 1.60. The highest BCUT2D eigenvalue weighted by molar-refractivity contribution is 5.94. The third-order valence-electron chi connectivity index (χ3n) is 6.47. The first kappa shape index (κ1) is 24.9. The zero-order chi connectivity index (χ0) is 25.8. The van der Waals surface area contributed by atoms with E-state index in [4.69, 9.17) is 4.74 Å². The van der Waals surface area contributed by atoms with Crippen molar-refractivity contribution in [3.05, 3.63) is 86.7 Å². The fourth-order valence-corrected chi connectivity index (χ4v) is 4.44. The molecule has 0 radical (unpaired) electrons. The number of piperazine rings is 1. The summed E-state index contributed by atoms with van der Waals surface area (Å²) in [5.74, 6) is 0.671. The molecule has 0 aliphatic carbocycles. The molecule has 1 saturated heterocycles. The minimum absolute atomic E-state index is 0.0305. The van der Waals surface area contributed by atoms with Gasteiger partial charge in [0, 0.05) is 31.7 Å². The molecule has 1 aromatic heterocycles. The highest BCUT2D eigenvalue weighted by Crippen LogP contribution is 2.23. The minimum Gasteiger partial charge on any atom is -0.497 e. The van der Waals surface area contributed by atoms with Crippen LogP contribution in [0.2, 0.25) is 0 Å². The fraction of sp³-hybridized carbons (Fsp3) is 0.346. The van der Waals surface area contributed by atoms with Crippen molar-refractivity contribution in [2.45, 2.75) is 26.8 Å². The molecule has 0 spiro atoms. The molecule has 0 unspecified atom stereocenters. The zero-order valence-corrected chi connectivity index (χ0v) is 20.6. The molecule has 1 aliphatic heterocycles. The van der Waals surface area contributed by atoms with E-state index in [0.29, 0.717) is 56.1 Å². The van der Waals surface area contributed by atoms with Crippen molar-refractivity contribution in [1.29, 1.82) is 0 Å². The molecule has 2 amide bonds. The minimum atomic E-state index is -0.415. The average molecular weight is 492 g/mol. The number of carbonyl (C=O) groups is 2. The first-order valence-electron chi connectivity index (χ1n) is 11.7. The number of amides is 2. The number of nitro groups is 1. The molecule has 0 N–H and O–H groups in total. The molecule has 10 heteroatoms. The Bertz CT molecular complexity index is 1280. The Morgan fingerprint density at radius 3 is 2.28 bits per heavy atom. The van der Waals surface area contributed by atoms with Crippen molar-refractivity contribution < 1.29 is 19.2 Å². The zero-order valence-electron chi connectivity index (χ0n) is 20.6. The van der Waals surface area contributed by atoms with Crippen LogP contribution in [0.4, 0.5) is 5.69 Å². The smallest absolute Gasteiger partial charge is 0.312 e. The molecule has 2 heterocycles. The van der Waals surface area contributed by atoms with Gasteiger partial charge < -0.3 is 14.5 Å². The number of methoxy groups -OCH3 is 1. The van der Waals surface area contributed by atoms with E-state index in [1.54, 1.807) is 47.6 Å². The summed E-state index contributed by atoms with van der Waals surface area (Å²) >= 11 is 0. The highest BCUT2D eigenvalue weighted by atomic mass is 16.6. The first-order valence-corrected chi connectivity index (χ1v) is 11.7. The second-order valence-corrected chi connectivity index (χ2v) is 8.83. The standard InChI is InChI=1S/C26H29N5O5/c1-18-25(31(34)35)19(2)30(27-18)17-20-7-9-22(10-8-20)26(33)29-13-11-28(12-14-29)24(32)16-21-5-4-6-23(15-21)36-3/h4-10,15H,11-14,16-17H2,1-3H3. The monoisotopic (exact) mass is 491 g/mol. The van der Waals surface area contributed by atoms with Crippen LogP contribution in [-0.2, 0) is 17.8 Å². The average Bonchev–Trinajstić information content (AvgIpc) is 3.16. The van der Waals surface area contributed by atoms with Crippen LogP contribution in [0.1, 0.15) is 32.9 Å².